The fourth-order valence-electron chi connectivity index (χ4n) is 2.17. The first-order valence-corrected chi connectivity index (χ1v) is 7.27. The third-order valence-corrected chi connectivity index (χ3v) is 3.64. The van der Waals surface area contributed by atoms with E-state index in [1.165, 1.54) is 18.4 Å². The number of aryl methyl sites for hydroxylation is 1. The summed E-state index contributed by atoms with van der Waals surface area (Å²) in [6, 6.07) is 2.91. The van der Waals surface area contributed by atoms with Crippen LogP contribution in [0.15, 0.2) is 10.5 Å². The molecular formula is C15H26N2O2. The smallest absolute Gasteiger partial charge is 0.130 e. The van der Waals surface area contributed by atoms with E-state index in [1.54, 1.807) is 0 Å². The topological polar surface area (TPSA) is 37.6 Å². The zero-order chi connectivity index (χ0) is 13.7. The third-order valence-electron chi connectivity index (χ3n) is 3.64. The molecule has 0 radical (unpaired) electrons. The van der Waals surface area contributed by atoms with Gasteiger partial charge in [0.05, 0.1) is 6.61 Å². The van der Waals surface area contributed by atoms with Crippen molar-refractivity contribution in [2.24, 2.45) is 0 Å². The first-order valence-electron chi connectivity index (χ1n) is 7.27. The second-order valence-electron chi connectivity index (χ2n) is 5.34. The Morgan fingerprint density at radius 1 is 1.47 bits per heavy atom. The maximum atomic E-state index is 5.70. The highest BCUT2D eigenvalue weighted by Gasteiger charge is 2.25. The van der Waals surface area contributed by atoms with Gasteiger partial charge in [-0.25, -0.2) is 0 Å². The Balaban J connectivity index is 1.67. The molecule has 4 heteroatoms. The SMILES string of the molecule is CCNCc1cc(COCCN(C)C2CC2)oc1C. The Hall–Kier alpha value is -0.840. The summed E-state index contributed by atoms with van der Waals surface area (Å²) in [7, 11) is 2.17. The Kier molecular flexibility index (Phi) is 5.43. The summed E-state index contributed by atoms with van der Waals surface area (Å²) in [5.74, 6) is 1.93. The first-order chi connectivity index (χ1) is 9.20. The minimum atomic E-state index is 0.575. The lowest BCUT2D eigenvalue weighted by Gasteiger charge is -2.14. The normalized spacial score (nSPS) is 15.4. The predicted molar refractivity (Wildman–Crippen MR) is 76.1 cm³/mol. The number of rotatable bonds is 9. The molecule has 1 saturated carbocycles. The quantitative estimate of drug-likeness (QED) is 0.696. The molecule has 0 atom stereocenters. The van der Waals surface area contributed by atoms with Crippen molar-refractivity contribution in [2.45, 2.75) is 45.9 Å². The van der Waals surface area contributed by atoms with Gasteiger partial charge in [-0.15, -0.1) is 0 Å². The molecule has 1 N–H and O–H groups in total. The Morgan fingerprint density at radius 3 is 2.95 bits per heavy atom. The molecule has 1 aromatic heterocycles. The Bertz CT molecular complexity index is 385. The van der Waals surface area contributed by atoms with Crippen molar-refractivity contribution in [1.82, 2.24) is 10.2 Å². The van der Waals surface area contributed by atoms with Crippen LogP contribution in [0, 0.1) is 6.92 Å². The van der Waals surface area contributed by atoms with Gasteiger partial charge in [-0.3, -0.25) is 0 Å². The number of hydrogen-bond donors (Lipinski definition) is 1. The highest BCUT2D eigenvalue weighted by molar-refractivity contribution is 5.20. The number of nitrogens with one attached hydrogen (secondary N) is 1. The highest BCUT2D eigenvalue weighted by Crippen LogP contribution is 2.24. The molecule has 0 spiro atoms. The van der Waals surface area contributed by atoms with Gasteiger partial charge < -0.3 is 19.4 Å². The number of hydrogen-bond acceptors (Lipinski definition) is 4. The van der Waals surface area contributed by atoms with Crippen LogP contribution in [0.1, 0.15) is 36.8 Å². The average Bonchev–Trinajstić information content (AvgIpc) is 3.18. The van der Waals surface area contributed by atoms with Crippen molar-refractivity contribution in [1.29, 1.82) is 0 Å². The van der Waals surface area contributed by atoms with Gasteiger partial charge in [0.15, 0.2) is 0 Å². The molecule has 0 amide bonds. The van der Waals surface area contributed by atoms with E-state index in [-0.39, 0.29) is 0 Å². The summed E-state index contributed by atoms with van der Waals surface area (Å²) >= 11 is 0. The first kappa shape index (κ1) is 14.6. The molecule has 1 aliphatic rings. The van der Waals surface area contributed by atoms with Crippen molar-refractivity contribution in [3.05, 3.63) is 23.2 Å². The van der Waals surface area contributed by atoms with E-state index in [0.717, 1.165) is 43.8 Å². The van der Waals surface area contributed by atoms with E-state index in [9.17, 15) is 0 Å². The van der Waals surface area contributed by atoms with E-state index < -0.39 is 0 Å². The largest absolute Gasteiger partial charge is 0.464 e. The molecule has 1 aromatic rings. The minimum Gasteiger partial charge on any atom is -0.464 e. The van der Waals surface area contributed by atoms with Gasteiger partial charge in [-0.05, 0) is 39.4 Å². The number of furan rings is 1. The fraction of sp³-hybridized carbons (Fsp3) is 0.733. The van der Waals surface area contributed by atoms with Crippen molar-refractivity contribution in [2.75, 3.05) is 26.7 Å². The van der Waals surface area contributed by atoms with Crippen molar-refractivity contribution in [3.8, 4) is 0 Å². The molecule has 0 aliphatic heterocycles. The summed E-state index contributed by atoms with van der Waals surface area (Å²) < 4.78 is 11.4. The molecule has 19 heavy (non-hydrogen) atoms. The van der Waals surface area contributed by atoms with Crippen LogP contribution >= 0.6 is 0 Å². The van der Waals surface area contributed by atoms with Gasteiger partial charge in [0.25, 0.3) is 0 Å². The number of ether oxygens (including phenoxy) is 1. The highest BCUT2D eigenvalue weighted by atomic mass is 16.5. The summed E-state index contributed by atoms with van der Waals surface area (Å²) in [6.07, 6.45) is 2.70. The standard InChI is InChI=1S/C15H26N2O2/c1-4-16-10-13-9-15(19-12(13)2)11-18-8-7-17(3)14-5-6-14/h9,14,16H,4-8,10-11H2,1-3H3. The summed E-state index contributed by atoms with van der Waals surface area (Å²) in [5.41, 5.74) is 1.23. The van der Waals surface area contributed by atoms with Crippen LogP contribution < -0.4 is 5.32 Å². The van der Waals surface area contributed by atoms with Crippen molar-refractivity contribution < 1.29 is 9.15 Å². The van der Waals surface area contributed by atoms with E-state index >= 15 is 0 Å². The number of likely N-dealkylation sites (N-methyl/N-ethyl adjacent to an activating group) is 1. The van der Waals surface area contributed by atoms with E-state index in [0.29, 0.717) is 6.61 Å². The molecular weight excluding hydrogens is 240 g/mol. The van der Waals surface area contributed by atoms with Crippen molar-refractivity contribution in [3.63, 3.8) is 0 Å². The Morgan fingerprint density at radius 2 is 2.26 bits per heavy atom. The molecule has 4 nitrogen and oxygen atoms in total. The Labute approximate surface area is 116 Å². The molecule has 0 bridgehead atoms. The zero-order valence-electron chi connectivity index (χ0n) is 12.4. The van der Waals surface area contributed by atoms with Crippen LogP contribution in [-0.4, -0.2) is 37.7 Å². The van der Waals surface area contributed by atoms with Crippen molar-refractivity contribution >= 4 is 0 Å². The summed E-state index contributed by atoms with van der Waals surface area (Å²) in [6.45, 7) is 8.32. The van der Waals surface area contributed by atoms with Gasteiger partial charge >= 0.3 is 0 Å². The van der Waals surface area contributed by atoms with Crippen LogP contribution in [-0.2, 0) is 17.9 Å². The summed E-state index contributed by atoms with van der Waals surface area (Å²) in [5, 5.41) is 3.31. The molecule has 0 unspecified atom stereocenters. The zero-order valence-corrected chi connectivity index (χ0v) is 12.4. The lowest BCUT2D eigenvalue weighted by molar-refractivity contribution is 0.0858. The van der Waals surface area contributed by atoms with Gasteiger partial charge in [0, 0.05) is 24.7 Å². The number of nitrogens with zero attached hydrogens (tertiary/aromatic N) is 1. The van der Waals surface area contributed by atoms with E-state index in [1.807, 2.05) is 6.92 Å². The van der Waals surface area contributed by atoms with Crippen LogP contribution in [0.3, 0.4) is 0 Å². The average molecular weight is 266 g/mol. The molecule has 2 rings (SSSR count). The fourth-order valence-corrected chi connectivity index (χ4v) is 2.17. The van der Waals surface area contributed by atoms with E-state index in [2.05, 4.69) is 30.3 Å². The molecule has 1 aliphatic carbocycles. The second kappa shape index (κ2) is 7.08. The molecule has 0 saturated heterocycles. The van der Waals surface area contributed by atoms with Gasteiger partial charge in [0.1, 0.15) is 18.1 Å². The van der Waals surface area contributed by atoms with Crippen LogP contribution in [0.2, 0.25) is 0 Å². The summed E-state index contributed by atoms with van der Waals surface area (Å²) in [4.78, 5) is 2.38. The van der Waals surface area contributed by atoms with Crippen LogP contribution in [0.4, 0.5) is 0 Å². The maximum Gasteiger partial charge on any atom is 0.130 e. The predicted octanol–water partition coefficient (Wildman–Crippen LogP) is 2.31. The third kappa shape index (κ3) is 4.64. The monoisotopic (exact) mass is 266 g/mol. The molecule has 1 fully saturated rings. The minimum absolute atomic E-state index is 0.575. The second-order valence-corrected chi connectivity index (χ2v) is 5.34. The molecule has 108 valence electrons. The molecule has 1 heterocycles. The van der Waals surface area contributed by atoms with E-state index in [4.69, 9.17) is 9.15 Å². The lowest BCUT2D eigenvalue weighted by atomic mass is 10.2. The van der Waals surface area contributed by atoms with Gasteiger partial charge in [-0.1, -0.05) is 6.92 Å². The van der Waals surface area contributed by atoms with Gasteiger partial charge in [0.2, 0.25) is 0 Å². The van der Waals surface area contributed by atoms with Crippen LogP contribution in [0.5, 0.6) is 0 Å². The maximum absolute atomic E-state index is 5.70. The lowest BCUT2D eigenvalue weighted by Crippen LogP contribution is -2.25. The van der Waals surface area contributed by atoms with Gasteiger partial charge in [-0.2, -0.15) is 0 Å². The molecule has 0 aromatic carbocycles. The van der Waals surface area contributed by atoms with Crippen LogP contribution in [0.25, 0.3) is 0 Å².